The predicted molar refractivity (Wildman–Crippen MR) is 146 cm³/mol. The molecule has 3 aromatic rings. The van der Waals surface area contributed by atoms with Crippen LogP contribution in [0.25, 0.3) is 6.08 Å². The highest BCUT2D eigenvalue weighted by molar-refractivity contribution is 7.07. The van der Waals surface area contributed by atoms with Gasteiger partial charge in [0.2, 0.25) is 5.75 Å². The third kappa shape index (κ3) is 5.38. The molecule has 2 aromatic carbocycles. The van der Waals surface area contributed by atoms with E-state index in [0.29, 0.717) is 35.4 Å². The van der Waals surface area contributed by atoms with E-state index in [1.165, 1.54) is 11.7 Å². The van der Waals surface area contributed by atoms with Crippen LogP contribution in [-0.2, 0) is 9.53 Å². The molecule has 1 N–H and O–H groups in total. The van der Waals surface area contributed by atoms with Crippen LogP contribution in [0.3, 0.4) is 0 Å². The van der Waals surface area contributed by atoms with E-state index in [1.54, 1.807) is 39.0 Å². The number of phenolic OH excluding ortho intramolecular Hbond substituents is 1. The Kier molecular flexibility index (Phi) is 8.18. The number of allylic oxidation sites excluding steroid dienone is 1. The van der Waals surface area contributed by atoms with Crippen molar-refractivity contribution >= 4 is 34.8 Å². The summed E-state index contributed by atoms with van der Waals surface area (Å²) in [6, 6.07) is 5.47. The zero-order valence-corrected chi connectivity index (χ0v) is 23.1. The van der Waals surface area contributed by atoms with E-state index < -0.39 is 44.5 Å². The molecule has 0 amide bonds. The topological polar surface area (TPSA) is 186 Å². The van der Waals surface area contributed by atoms with Crippen molar-refractivity contribution in [3.8, 4) is 17.2 Å². The molecule has 0 aliphatic carbocycles. The molecule has 214 valence electrons. The van der Waals surface area contributed by atoms with Crippen molar-refractivity contribution in [2.75, 3.05) is 20.3 Å². The third-order valence-electron chi connectivity index (χ3n) is 6.12. The molecule has 1 aliphatic heterocycles. The molecule has 1 aliphatic rings. The number of carbonyl (C=O) groups excluding carboxylic acids is 1. The number of nitro groups is 2. The Hall–Kier alpha value is -5.05. The lowest BCUT2D eigenvalue weighted by molar-refractivity contribution is -0.394. The SMILES string of the molecule is CCOC(=O)C1=C(C)N=c2s/c(=C\c3cc([N+](=O)[O-])cc([N+](=O)[O-])c3O)c(=O)n2[C@H]1c1ccc(OC)c(OCC)c1. The minimum atomic E-state index is -1.01. The van der Waals surface area contributed by atoms with E-state index >= 15 is 0 Å². The summed E-state index contributed by atoms with van der Waals surface area (Å²) < 4.78 is 17.6. The number of aromatic hydroxyl groups is 1. The Bertz CT molecular complexity index is 1790. The number of phenols is 1. The van der Waals surface area contributed by atoms with Crippen molar-refractivity contribution in [2.45, 2.75) is 26.8 Å². The summed E-state index contributed by atoms with van der Waals surface area (Å²) in [6.45, 7) is 5.42. The van der Waals surface area contributed by atoms with Gasteiger partial charge in [0.15, 0.2) is 16.3 Å². The quantitative estimate of drug-likeness (QED) is 0.223. The van der Waals surface area contributed by atoms with E-state index in [2.05, 4.69) is 4.99 Å². The molecule has 41 heavy (non-hydrogen) atoms. The van der Waals surface area contributed by atoms with Gasteiger partial charge in [0.1, 0.15) is 0 Å². The lowest BCUT2D eigenvalue weighted by atomic mass is 9.95. The van der Waals surface area contributed by atoms with Gasteiger partial charge in [0.05, 0.1) is 58.1 Å². The average Bonchev–Trinajstić information content (AvgIpc) is 3.22. The van der Waals surface area contributed by atoms with Gasteiger partial charge in [-0.05, 0) is 44.5 Å². The molecule has 14 nitrogen and oxygen atoms in total. The maximum Gasteiger partial charge on any atom is 0.338 e. The molecule has 0 saturated heterocycles. The van der Waals surface area contributed by atoms with Crippen LogP contribution >= 0.6 is 11.3 Å². The van der Waals surface area contributed by atoms with Gasteiger partial charge in [-0.3, -0.25) is 29.6 Å². The van der Waals surface area contributed by atoms with E-state index in [0.717, 1.165) is 23.5 Å². The summed E-state index contributed by atoms with van der Waals surface area (Å²) >= 11 is 0.881. The number of non-ortho nitro benzene ring substituents is 1. The first-order chi connectivity index (χ1) is 19.5. The van der Waals surface area contributed by atoms with E-state index in [1.807, 2.05) is 0 Å². The molecule has 15 heteroatoms. The number of fused-ring (bicyclic) bond motifs is 1. The second kappa shape index (κ2) is 11.6. The number of ether oxygens (including phenoxy) is 3. The summed E-state index contributed by atoms with van der Waals surface area (Å²) in [5.74, 6) is -0.720. The summed E-state index contributed by atoms with van der Waals surface area (Å²) in [6.07, 6.45) is 1.11. The molecule has 0 spiro atoms. The van der Waals surface area contributed by atoms with Crippen LogP contribution < -0.4 is 24.4 Å². The second-order valence-corrected chi connectivity index (χ2v) is 9.57. The van der Waals surface area contributed by atoms with Gasteiger partial charge in [-0.25, -0.2) is 9.79 Å². The monoisotopic (exact) mass is 584 g/mol. The van der Waals surface area contributed by atoms with E-state index in [4.69, 9.17) is 14.2 Å². The van der Waals surface area contributed by atoms with Crippen molar-refractivity contribution in [3.63, 3.8) is 0 Å². The van der Waals surface area contributed by atoms with Crippen molar-refractivity contribution < 1.29 is 34.0 Å². The van der Waals surface area contributed by atoms with Crippen molar-refractivity contribution in [1.29, 1.82) is 0 Å². The standard InChI is InChI=1S/C26H24N4O10S/c1-5-39-19-10-14(7-8-18(19)38-4)22-21(25(33)40-6-2)13(3)27-26-28(22)24(32)20(41-26)11-15-9-16(29(34)35)12-17(23(15)31)30(36)37/h7-12,22,31H,5-6H2,1-4H3/b20-11-/t22-/m0/s1. The number of rotatable bonds is 9. The summed E-state index contributed by atoms with van der Waals surface area (Å²) in [5, 5.41) is 33.2. The van der Waals surface area contributed by atoms with Gasteiger partial charge in [0.25, 0.3) is 11.2 Å². The zero-order valence-electron chi connectivity index (χ0n) is 22.3. The maximum absolute atomic E-state index is 13.8. The van der Waals surface area contributed by atoms with Gasteiger partial charge >= 0.3 is 11.7 Å². The van der Waals surface area contributed by atoms with Crippen molar-refractivity contribution in [2.24, 2.45) is 4.99 Å². The average molecular weight is 585 g/mol. The molecule has 0 unspecified atom stereocenters. The van der Waals surface area contributed by atoms with Gasteiger partial charge in [-0.1, -0.05) is 17.4 Å². The molecule has 0 fully saturated rings. The number of aromatic nitrogens is 1. The highest BCUT2D eigenvalue weighted by Gasteiger charge is 2.34. The molecule has 4 rings (SSSR count). The van der Waals surface area contributed by atoms with Crippen LogP contribution in [0.2, 0.25) is 0 Å². The molecule has 1 atom stereocenters. The summed E-state index contributed by atoms with van der Waals surface area (Å²) in [4.78, 5) is 52.5. The normalized spacial score (nSPS) is 14.7. The van der Waals surface area contributed by atoms with Crippen LogP contribution in [-0.4, -0.2) is 45.8 Å². The number of benzene rings is 2. The fraction of sp³-hybridized carbons (Fsp3) is 0.269. The van der Waals surface area contributed by atoms with Crippen LogP contribution in [0.5, 0.6) is 17.2 Å². The fourth-order valence-electron chi connectivity index (χ4n) is 4.36. The van der Waals surface area contributed by atoms with Crippen LogP contribution in [0.4, 0.5) is 11.4 Å². The zero-order chi connectivity index (χ0) is 30.0. The smallest absolute Gasteiger partial charge is 0.338 e. The Labute approximate surface area is 235 Å². The molecular formula is C26H24N4O10S. The van der Waals surface area contributed by atoms with Gasteiger partial charge in [-0.2, -0.15) is 0 Å². The predicted octanol–water partition coefficient (Wildman–Crippen LogP) is 2.73. The minimum absolute atomic E-state index is 0.0460. The Balaban J connectivity index is 2.01. The van der Waals surface area contributed by atoms with E-state index in [9.17, 15) is 34.9 Å². The molecule has 2 heterocycles. The number of esters is 1. The Morgan fingerprint density at radius 3 is 2.49 bits per heavy atom. The number of carbonyl (C=O) groups is 1. The summed E-state index contributed by atoms with van der Waals surface area (Å²) in [5.41, 5.74) is -1.62. The first kappa shape index (κ1) is 28.9. The Morgan fingerprint density at radius 1 is 1.15 bits per heavy atom. The Morgan fingerprint density at radius 2 is 1.88 bits per heavy atom. The van der Waals surface area contributed by atoms with Gasteiger partial charge in [0, 0.05) is 11.6 Å². The number of thiazole rings is 1. The largest absolute Gasteiger partial charge is 0.502 e. The summed E-state index contributed by atoms with van der Waals surface area (Å²) in [7, 11) is 1.47. The molecule has 0 radical (unpaired) electrons. The molecule has 0 saturated carbocycles. The molecule has 0 bridgehead atoms. The number of hydrogen-bond acceptors (Lipinski definition) is 12. The van der Waals surface area contributed by atoms with Crippen LogP contribution in [0, 0.1) is 20.2 Å². The number of nitrogens with zero attached hydrogens (tertiary/aromatic N) is 4. The lowest BCUT2D eigenvalue weighted by Gasteiger charge is -2.25. The highest BCUT2D eigenvalue weighted by Crippen LogP contribution is 2.37. The lowest BCUT2D eigenvalue weighted by Crippen LogP contribution is -2.40. The third-order valence-corrected chi connectivity index (χ3v) is 7.10. The number of methoxy groups -OCH3 is 1. The fourth-order valence-corrected chi connectivity index (χ4v) is 5.40. The molecule has 1 aromatic heterocycles. The first-order valence-electron chi connectivity index (χ1n) is 12.2. The first-order valence-corrected chi connectivity index (χ1v) is 13.0. The van der Waals surface area contributed by atoms with Crippen LogP contribution in [0.15, 0.2) is 51.4 Å². The van der Waals surface area contributed by atoms with Crippen LogP contribution in [0.1, 0.15) is 37.9 Å². The van der Waals surface area contributed by atoms with E-state index in [-0.39, 0.29) is 27.1 Å². The minimum Gasteiger partial charge on any atom is -0.502 e. The second-order valence-electron chi connectivity index (χ2n) is 8.56. The van der Waals surface area contributed by atoms with Crippen molar-refractivity contribution in [3.05, 3.63) is 92.6 Å². The maximum atomic E-state index is 13.8. The molecular weight excluding hydrogens is 560 g/mol. The number of nitro benzene ring substituents is 2. The van der Waals surface area contributed by atoms with Gasteiger partial charge in [-0.15, -0.1) is 0 Å². The highest BCUT2D eigenvalue weighted by atomic mass is 32.1. The van der Waals surface area contributed by atoms with Crippen molar-refractivity contribution in [1.82, 2.24) is 4.57 Å². The number of hydrogen-bond donors (Lipinski definition) is 1. The van der Waals surface area contributed by atoms with Gasteiger partial charge < -0.3 is 19.3 Å².